The number of nitrogens with two attached hydrogens (primary N) is 1. The van der Waals surface area contributed by atoms with Crippen molar-refractivity contribution in [2.24, 2.45) is 5.73 Å². The zero-order valence-electron chi connectivity index (χ0n) is 9.75. The van der Waals surface area contributed by atoms with Crippen LogP contribution in [0.1, 0.15) is 11.5 Å². The van der Waals surface area contributed by atoms with E-state index in [4.69, 9.17) is 10.5 Å². The Morgan fingerprint density at radius 2 is 1.47 bits per heavy atom. The highest BCUT2D eigenvalue weighted by molar-refractivity contribution is 5.23. The van der Waals surface area contributed by atoms with Gasteiger partial charge in [0.05, 0.1) is 6.61 Å². The van der Waals surface area contributed by atoms with Crippen LogP contribution < -0.4 is 10.5 Å². The third kappa shape index (κ3) is 3.33. The molecule has 0 saturated heterocycles. The second kappa shape index (κ2) is 6.06. The lowest BCUT2D eigenvalue weighted by Gasteiger charge is -2.16. The van der Waals surface area contributed by atoms with Crippen LogP contribution in [0.4, 0.5) is 0 Å². The molecule has 0 spiro atoms. The standard InChI is InChI=1S/C15H17NO/c16-11-14(13-7-3-1-4-8-13)12-17-15-9-5-2-6-10-15/h1-10,14H,11-12,16H2. The van der Waals surface area contributed by atoms with E-state index in [0.29, 0.717) is 13.2 Å². The molecule has 2 N–H and O–H groups in total. The van der Waals surface area contributed by atoms with E-state index < -0.39 is 0 Å². The Hall–Kier alpha value is -1.80. The van der Waals surface area contributed by atoms with Gasteiger partial charge in [0.2, 0.25) is 0 Å². The molecule has 0 heterocycles. The fourth-order valence-electron chi connectivity index (χ4n) is 1.74. The number of benzene rings is 2. The molecule has 2 rings (SSSR count). The van der Waals surface area contributed by atoms with Crippen LogP contribution in [0.25, 0.3) is 0 Å². The van der Waals surface area contributed by atoms with Gasteiger partial charge in [0.25, 0.3) is 0 Å². The van der Waals surface area contributed by atoms with Crippen LogP contribution in [-0.4, -0.2) is 13.2 Å². The topological polar surface area (TPSA) is 35.2 Å². The lowest BCUT2D eigenvalue weighted by molar-refractivity contribution is 0.290. The van der Waals surface area contributed by atoms with Crippen molar-refractivity contribution < 1.29 is 4.74 Å². The fourth-order valence-corrected chi connectivity index (χ4v) is 1.74. The third-order valence-corrected chi connectivity index (χ3v) is 2.75. The van der Waals surface area contributed by atoms with Crippen molar-refractivity contribution in [1.82, 2.24) is 0 Å². The van der Waals surface area contributed by atoms with Crippen LogP contribution in [-0.2, 0) is 0 Å². The van der Waals surface area contributed by atoms with Gasteiger partial charge >= 0.3 is 0 Å². The van der Waals surface area contributed by atoms with Crippen molar-refractivity contribution in [3.05, 3.63) is 66.2 Å². The predicted octanol–water partition coefficient (Wildman–Crippen LogP) is 2.81. The highest BCUT2D eigenvalue weighted by Gasteiger charge is 2.09. The molecule has 1 unspecified atom stereocenters. The molecule has 2 nitrogen and oxygen atoms in total. The summed E-state index contributed by atoms with van der Waals surface area (Å²) in [5.41, 5.74) is 7.02. The Balaban J connectivity index is 1.97. The minimum absolute atomic E-state index is 0.247. The van der Waals surface area contributed by atoms with Gasteiger partial charge in [-0.15, -0.1) is 0 Å². The number of hydrogen-bond donors (Lipinski definition) is 1. The average Bonchev–Trinajstić information content (AvgIpc) is 2.42. The lowest BCUT2D eigenvalue weighted by atomic mass is 10.0. The quantitative estimate of drug-likeness (QED) is 0.852. The van der Waals surface area contributed by atoms with Crippen LogP contribution in [0.2, 0.25) is 0 Å². The number of ether oxygens (including phenoxy) is 1. The minimum Gasteiger partial charge on any atom is -0.493 e. The maximum atomic E-state index is 5.79. The summed E-state index contributed by atoms with van der Waals surface area (Å²) in [7, 11) is 0. The molecule has 0 aliphatic rings. The molecule has 17 heavy (non-hydrogen) atoms. The molecule has 0 aromatic heterocycles. The first-order valence-corrected chi connectivity index (χ1v) is 5.83. The van der Waals surface area contributed by atoms with Crippen LogP contribution >= 0.6 is 0 Å². The SMILES string of the molecule is NCC(COc1ccccc1)c1ccccc1. The molecule has 0 fully saturated rings. The van der Waals surface area contributed by atoms with Gasteiger partial charge < -0.3 is 10.5 Å². The molecule has 2 aromatic carbocycles. The van der Waals surface area contributed by atoms with E-state index in [1.54, 1.807) is 0 Å². The molecule has 0 amide bonds. The first-order chi connectivity index (χ1) is 8.40. The normalized spacial score (nSPS) is 12.1. The van der Waals surface area contributed by atoms with Gasteiger partial charge in [0.1, 0.15) is 5.75 Å². The van der Waals surface area contributed by atoms with Crippen LogP contribution in [0.3, 0.4) is 0 Å². The van der Waals surface area contributed by atoms with Crippen LogP contribution in [0.5, 0.6) is 5.75 Å². The summed E-state index contributed by atoms with van der Waals surface area (Å²) < 4.78 is 5.73. The Labute approximate surface area is 102 Å². The van der Waals surface area contributed by atoms with E-state index in [9.17, 15) is 0 Å². The molecule has 2 aromatic rings. The number of hydrogen-bond acceptors (Lipinski definition) is 2. The van der Waals surface area contributed by atoms with Gasteiger partial charge in [-0.25, -0.2) is 0 Å². The molecule has 0 aliphatic carbocycles. The van der Waals surface area contributed by atoms with Gasteiger partial charge in [-0.05, 0) is 17.7 Å². The first-order valence-electron chi connectivity index (χ1n) is 5.83. The molecule has 0 saturated carbocycles. The summed E-state index contributed by atoms with van der Waals surface area (Å²) in [5, 5.41) is 0. The van der Waals surface area contributed by atoms with Crippen molar-refractivity contribution in [3.63, 3.8) is 0 Å². The average molecular weight is 227 g/mol. The molecule has 0 bridgehead atoms. The zero-order valence-corrected chi connectivity index (χ0v) is 9.75. The lowest BCUT2D eigenvalue weighted by Crippen LogP contribution is -2.19. The minimum atomic E-state index is 0.247. The van der Waals surface area contributed by atoms with Crippen molar-refractivity contribution in [2.75, 3.05) is 13.2 Å². The van der Waals surface area contributed by atoms with Crippen molar-refractivity contribution >= 4 is 0 Å². The van der Waals surface area contributed by atoms with Gasteiger partial charge in [0, 0.05) is 12.5 Å². The summed E-state index contributed by atoms with van der Waals surface area (Å²) in [6.07, 6.45) is 0. The molecule has 88 valence electrons. The van der Waals surface area contributed by atoms with Crippen LogP contribution in [0, 0.1) is 0 Å². The first kappa shape index (κ1) is 11.7. The number of para-hydroxylation sites is 1. The van der Waals surface area contributed by atoms with Crippen molar-refractivity contribution in [2.45, 2.75) is 5.92 Å². The summed E-state index contributed by atoms with van der Waals surface area (Å²) >= 11 is 0. The summed E-state index contributed by atoms with van der Waals surface area (Å²) in [4.78, 5) is 0. The molecular formula is C15H17NO. The second-order valence-electron chi connectivity index (χ2n) is 3.97. The fraction of sp³-hybridized carbons (Fsp3) is 0.200. The molecule has 0 aliphatic heterocycles. The van der Waals surface area contributed by atoms with E-state index >= 15 is 0 Å². The van der Waals surface area contributed by atoms with E-state index in [0.717, 1.165) is 5.75 Å². The van der Waals surface area contributed by atoms with Gasteiger partial charge in [-0.1, -0.05) is 48.5 Å². The van der Waals surface area contributed by atoms with Gasteiger partial charge in [-0.2, -0.15) is 0 Å². The van der Waals surface area contributed by atoms with E-state index in [1.165, 1.54) is 5.56 Å². The third-order valence-electron chi connectivity index (χ3n) is 2.75. The summed E-state index contributed by atoms with van der Waals surface area (Å²) in [5.74, 6) is 1.14. The highest BCUT2D eigenvalue weighted by Crippen LogP contribution is 2.17. The van der Waals surface area contributed by atoms with E-state index in [-0.39, 0.29) is 5.92 Å². The molecule has 1 atom stereocenters. The maximum absolute atomic E-state index is 5.79. The smallest absolute Gasteiger partial charge is 0.119 e. The van der Waals surface area contributed by atoms with E-state index in [2.05, 4.69) is 12.1 Å². The van der Waals surface area contributed by atoms with Gasteiger partial charge in [-0.3, -0.25) is 0 Å². The Morgan fingerprint density at radius 3 is 2.06 bits per heavy atom. The Kier molecular flexibility index (Phi) is 4.17. The van der Waals surface area contributed by atoms with Gasteiger partial charge in [0.15, 0.2) is 0 Å². The monoisotopic (exact) mass is 227 g/mol. The van der Waals surface area contributed by atoms with Crippen LogP contribution in [0.15, 0.2) is 60.7 Å². The summed E-state index contributed by atoms with van der Waals surface area (Å²) in [6, 6.07) is 20.1. The molecule has 0 radical (unpaired) electrons. The summed E-state index contributed by atoms with van der Waals surface area (Å²) in [6.45, 7) is 1.21. The largest absolute Gasteiger partial charge is 0.493 e. The van der Waals surface area contributed by atoms with Crippen molar-refractivity contribution in [1.29, 1.82) is 0 Å². The highest BCUT2D eigenvalue weighted by atomic mass is 16.5. The maximum Gasteiger partial charge on any atom is 0.119 e. The molecular weight excluding hydrogens is 210 g/mol. The Morgan fingerprint density at radius 1 is 0.882 bits per heavy atom. The zero-order chi connectivity index (χ0) is 11.9. The second-order valence-corrected chi connectivity index (χ2v) is 3.97. The molecule has 2 heteroatoms. The number of rotatable bonds is 5. The van der Waals surface area contributed by atoms with Crippen molar-refractivity contribution in [3.8, 4) is 5.75 Å². The predicted molar refractivity (Wildman–Crippen MR) is 70.2 cm³/mol. The van der Waals surface area contributed by atoms with E-state index in [1.807, 2.05) is 48.5 Å². The Bertz CT molecular complexity index is 427.